The predicted octanol–water partition coefficient (Wildman–Crippen LogP) is 2.16. The monoisotopic (exact) mass is 442 g/mol. The molecule has 0 aliphatic carbocycles. The smallest absolute Gasteiger partial charge is 0.337 e. The SMILES string of the molecule is CCCC(=O)Nc1ccc(C(=O)NNC(=S)NC(=O)c2cccc(C(=O)OC)c2)cc1. The van der Waals surface area contributed by atoms with Gasteiger partial charge in [-0.1, -0.05) is 13.0 Å². The van der Waals surface area contributed by atoms with E-state index in [1.54, 1.807) is 24.3 Å². The van der Waals surface area contributed by atoms with Crippen molar-refractivity contribution in [2.24, 2.45) is 0 Å². The number of esters is 1. The number of carbonyl (C=O) groups excluding carboxylic acids is 4. The fourth-order valence-corrected chi connectivity index (χ4v) is 2.60. The van der Waals surface area contributed by atoms with Crippen molar-refractivity contribution < 1.29 is 23.9 Å². The lowest BCUT2D eigenvalue weighted by Crippen LogP contribution is -2.48. The Hall–Kier alpha value is -3.79. The van der Waals surface area contributed by atoms with E-state index in [9.17, 15) is 19.2 Å². The van der Waals surface area contributed by atoms with Crippen LogP contribution in [0.15, 0.2) is 48.5 Å². The number of hydrogen-bond donors (Lipinski definition) is 4. The Morgan fingerprint density at radius 1 is 0.903 bits per heavy atom. The summed E-state index contributed by atoms with van der Waals surface area (Å²) in [7, 11) is 1.24. The average molecular weight is 442 g/mol. The number of benzene rings is 2. The van der Waals surface area contributed by atoms with E-state index in [0.717, 1.165) is 6.42 Å². The molecule has 0 heterocycles. The van der Waals surface area contributed by atoms with E-state index in [4.69, 9.17) is 12.2 Å². The highest BCUT2D eigenvalue weighted by molar-refractivity contribution is 7.80. The molecule has 0 unspecified atom stereocenters. The molecule has 3 amide bonds. The first-order valence-electron chi connectivity index (χ1n) is 9.34. The van der Waals surface area contributed by atoms with Crippen molar-refractivity contribution in [1.29, 1.82) is 0 Å². The highest BCUT2D eigenvalue weighted by Crippen LogP contribution is 2.10. The van der Waals surface area contributed by atoms with Crippen LogP contribution in [0.25, 0.3) is 0 Å². The third-order valence-electron chi connectivity index (χ3n) is 3.97. The van der Waals surface area contributed by atoms with E-state index in [0.29, 0.717) is 17.7 Å². The molecule has 0 aliphatic rings. The Morgan fingerprint density at radius 3 is 2.23 bits per heavy atom. The van der Waals surface area contributed by atoms with E-state index >= 15 is 0 Å². The number of anilines is 1. The normalized spacial score (nSPS) is 9.87. The summed E-state index contributed by atoms with van der Waals surface area (Å²) in [5, 5.41) is 4.99. The summed E-state index contributed by atoms with van der Waals surface area (Å²) >= 11 is 5.00. The summed E-state index contributed by atoms with van der Waals surface area (Å²) < 4.78 is 4.62. The molecule has 0 aliphatic heterocycles. The number of amides is 3. The van der Waals surface area contributed by atoms with Crippen LogP contribution in [0.3, 0.4) is 0 Å². The second kappa shape index (κ2) is 11.4. The minimum Gasteiger partial charge on any atom is -0.465 e. The fraction of sp³-hybridized carbons (Fsp3) is 0.190. The quantitative estimate of drug-likeness (QED) is 0.307. The number of thiocarbonyl (C=S) groups is 1. The molecule has 0 saturated heterocycles. The topological polar surface area (TPSA) is 126 Å². The van der Waals surface area contributed by atoms with Gasteiger partial charge < -0.3 is 10.1 Å². The first-order valence-corrected chi connectivity index (χ1v) is 9.74. The highest BCUT2D eigenvalue weighted by atomic mass is 32.1. The van der Waals surface area contributed by atoms with Crippen molar-refractivity contribution in [1.82, 2.24) is 16.2 Å². The Kier molecular flexibility index (Phi) is 8.64. The standard InChI is InChI=1S/C21H22N4O5S/c1-3-5-17(26)22-16-10-8-13(9-11-16)19(28)24-25-21(31)23-18(27)14-6-4-7-15(12-14)20(29)30-2/h4,6-12H,3,5H2,1-2H3,(H,22,26)(H,24,28)(H2,23,25,27,31). The van der Waals surface area contributed by atoms with E-state index in [1.807, 2.05) is 6.92 Å². The van der Waals surface area contributed by atoms with Crippen LogP contribution >= 0.6 is 12.2 Å². The van der Waals surface area contributed by atoms with Crippen LogP contribution in [-0.2, 0) is 9.53 Å². The molecule has 2 aromatic rings. The molecule has 0 aromatic heterocycles. The van der Waals surface area contributed by atoms with Crippen LogP contribution in [0, 0.1) is 0 Å². The zero-order valence-electron chi connectivity index (χ0n) is 17.0. The molecule has 9 nitrogen and oxygen atoms in total. The maximum absolute atomic E-state index is 12.3. The molecule has 0 atom stereocenters. The maximum Gasteiger partial charge on any atom is 0.337 e. The van der Waals surface area contributed by atoms with Gasteiger partial charge in [0.1, 0.15) is 0 Å². The molecule has 2 aromatic carbocycles. The van der Waals surface area contributed by atoms with Crippen molar-refractivity contribution in [3.8, 4) is 0 Å². The zero-order valence-corrected chi connectivity index (χ0v) is 17.8. The fourth-order valence-electron chi connectivity index (χ4n) is 2.45. The molecule has 2 rings (SSSR count). The Bertz CT molecular complexity index is 992. The summed E-state index contributed by atoms with van der Waals surface area (Å²) in [5.74, 6) is -1.72. The second-order valence-corrected chi connectivity index (χ2v) is 6.72. The third-order valence-corrected chi connectivity index (χ3v) is 4.17. The molecule has 162 valence electrons. The van der Waals surface area contributed by atoms with Gasteiger partial charge in [0.05, 0.1) is 12.7 Å². The molecule has 0 spiro atoms. The molecular weight excluding hydrogens is 420 g/mol. The Balaban J connectivity index is 1.86. The summed E-state index contributed by atoms with van der Waals surface area (Å²) in [5.41, 5.74) is 6.12. The van der Waals surface area contributed by atoms with Crippen molar-refractivity contribution in [2.45, 2.75) is 19.8 Å². The number of carbonyl (C=O) groups is 4. The van der Waals surface area contributed by atoms with E-state index in [-0.39, 0.29) is 22.1 Å². The molecule has 31 heavy (non-hydrogen) atoms. The molecule has 4 N–H and O–H groups in total. The molecule has 0 bridgehead atoms. The number of hydrogen-bond acceptors (Lipinski definition) is 6. The van der Waals surface area contributed by atoms with Crippen LogP contribution in [0.2, 0.25) is 0 Å². The van der Waals surface area contributed by atoms with Gasteiger partial charge in [-0.15, -0.1) is 0 Å². The number of rotatable bonds is 6. The summed E-state index contributed by atoms with van der Waals surface area (Å²) in [4.78, 5) is 47.6. The van der Waals surface area contributed by atoms with Gasteiger partial charge in [0.15, 0.2) is 5.11 Å². The largest absolute Gasteiger partial charge is 0.465 e. The number of hydrazine groups is 1. The van der Waals surface area contributed by atoms with Gasteiger partial charge in [-0.25, -0.2) is 4.79 Å². The van der Waals surface area contributed by atoms with Crippen molar-refractivity contribution in [3.63, 3.8) is 0 Å². The first kappa shape index (κ1) is 23.5. The molecular formula is C21H22N4O5S. The van der Waals surface area contributed by atoms with Crippen LogP contribution in [0.1, 0.15) is 50.8 Å². The minimum absolute atomic E-state index is 0.0976. The van der Waals surface area contributed by atoms with Crippen LogP contribution in [0.4, 0.5) is 5.69 Å². The van der Waals surface area contributed by atoms with Gasteiger partial charge in [0, 0.05) is 23.2 Å². The first-order chi connectivity index (χ1) is 14.8. The number of ether oxygens (including phenoxy) is 1. The molecule has 10 heteroatoms. The molecule has 0 fully saturated rings. The van der Waals surface area contributed by atoms with Gasteiger partial charge >= 0.3 is 5.97 Å². The highest BCUT2D eigenvalue weighted by Gasteiger charge is 2.13. The predicted molar refractivity (Wildman–Crippen MR) is 118 cm³/mol. The van der Waals surface area contributed by atoms with Crippen LogP contribution < -0.4 is 21.5 Å². The Morgan fingerprint density at radius 2 is 1.58 bits per heavy atom. The average Bonchev–Trinajstić information content (AvgIpc) is 2.77. The van der Waals surface area contributed by atoms with Crippen molar-refractivity contribution in [3.05, 3.63) is 65.2 Å². The van der Waals surface area contributed by atoms with Crippen molar-refractivity contribution in [2.75, 3.05) is 12.4 Å². The second-order valence-electron chi connectivity index (χ2n) is 6.31. The van der Waals surface area contributed by atoms with Crippen LogP contribution in [0.5, 0.6) is 0 Å². The van der Waals surface area contributed by atoms with Crippen molar-refractivity contribution >= 4 is 46.7 Å². The van der Waals surface area contributed by atoms with Gasteiger partial charge in [-0.05, 0) is 61.1 Å². The zero-order chi connectivity index (χ0) is 22.8. The van der Waals surface area contributed by atoms with Gasteiger partial charge in [-0.2, -0.15) is 0 Å². The molecule has 0 radical (unpaired) electrons. The van der Waals surface area contributed by atoms with Gasteiger partial charge in [0.25, 0.3) is 11.8 Å². The van der Waals surface area contributed by atoms with E-state index in [1.165, 1.54) is 31.4 Å². The Labute approximate surface area is 184 Å². The maximum atomic E-state index is 12.3. The van der Waals surface area contributed by atoms with E-state index in [2.05, 4.69) is 26.2 Å². The van der Waals surface area contributed by atoms with Gasteiger partial charge in [0.2, 0.25) is 5.91 Å². The summed E-state index contributed by atoms with van der Waals surface area (Å²) in [6.45, 7) is 1.91. The third kappa shape index (κ3) is 7.19. The number of methoxy groups -OCH3 is 1. The van der Waals surface area contributed by atoms with Gasteiger partial charge in [-0.3, -0.25) is 30.6 Å². The lowest BCUT2D eigenvalue weighted by atomic mass is 10.1. The number of nitrogens with one attached hydrogen (secondary N) is 4. The minimum atomic E-state index is -0.571. The lowest BCUT2D eigenvalue weighted by Gasteiger charge is -2.11. The summed E-state index contributed by atoms with van der Waals surface area (Å²) in [6.07, 6.45) is 1.16. The lowest BCUT2D eigenvalue weighted by molar-refractivity contribution is -0.116. The molecule has 0 saturated carbocycles. The van der Waals surface area contributed by atoms with E-state index < -0.39 is 17.8 Å². The summed E-state index contributed by atoms with van der Waals surface area (Å²) in [6, 6.07) is 12.2. The van der Waals surface area contributed by atoms with Crippen LogP contribution in [-0.4, -0.2) is 35.9 Å².